The molecule has 12 heteroatoms. The van der Waals surface area contributed by atoms with Crippen LogP contribution < -0.4 is 16.8 Å². The number of rotatable bonds is 6. The summed E-state index contributed by atoms with van der Waals surface area (Å²) < 4.78 is 0. The zero-order valence-corrected chi connectivity index (χ0v) is 15.5. The van der Waals surface area contributed by atoms with E-state index in [0.717, 1.165) is 9.78 Å². The van der Waals surface area contributed by atoms with Gasteiger partial charge in [-0.05, 0) is 11.4 Å². The predicted octanol–water partition coefficient (Wildman–Crippen LogP) is -0.712. The molecule has 1 saturated heterocycles. The van der Waals surface area contributed by atoms with Crippen LogP contribution in [0.1, 0.15) is 4.88 Å². The van der Waals surface area contributed by atoms with E-state index in [9.17, 15) is 19.5 Å². The fourth-order valence-electron chi connectivity index (χ4n) is 2.70. The Hall–Kier alpha value is -2.86. The normalized spacial score (nSPS) is 21.6. The number of nitrogens with zero attached hydrogens (tertiary/aromatic N) is 3. The first kappa shape index (κ1) is 18.9. The summed E-state index contributed by atoms with van der Waals surface area (Å²) in [6, 6.07) is 2.92. The number of carbonyl (C=O) groups excluding carboxylic acids is 2. The minimum Gasteiger partial charge on any atom is -0.477 e. The van der Waals surface area contributed by atoms with Crippen molar-refractivity contribution in [2.45, 2.75) is 17.8 Å². The van der Waals surface area contributed by atoms with Crippen LogP contribution in [0.25, 0.3) is 0 Å². The van der Waals surface area contributed by atoms with E-state index >= 15 is 0 Å². The van der Waals surface area contributed by atoms with Gasteiger partial charge in [-0.25, -0.2) is 4.79 Å². The van der Waals surface area contributed by atoms with Crippen molar-refractivity contribution in [3.05, 3.63) is 33.7 Å². The zero-order chi connectivity index (χ0) is 19.6. The Morgan fingerprint density at radius 2 is 2.22 bits per heavy atom. The van der Waals surface area contributed by atoms with E-state index in [-0.39, 0.29) is 29.7 Å². The highest BCUT2D eigenvalue weighted by Gasteiger charge is 2.54. The van der Waals surface area contributed by atoms with Crippen LogP contribution in [-0.4, -0.2) is 57.1 Å². The Kier molecular flexibility index (Phi) is 5.46. The van der Waals surface area contributed by atoms with Crippen LogP contribution in [0.5, 0.6) is 0 Å². The van der Waals surface area contributed by atoms with Crippen LogP contribution in [0.4, 0.5) is 0 Å². The van der Waals surface area contributed by atoms with Crippen molar-refractivity contribution in [3.63, 3.8) is 0 Å². The van der Waals surface area contributed by atoms with Gasteiger partial charge in [-0.1, -0.05) is 6.07 Å². The summed E-state index contributed by atoms with van der Waals surface area (Å²) in [4.78, 5) is 38.3. The first-order chi connectivity index (χ1) is 12.9. The highest BCUT2D eigenvalue weighted by molar-refractivity contribution is 8.00. The van der Waals surface area contributed by atoms with E-state index < -0.39 is 23.3 Å². The molecule has 10 nitrogen and oxygen atoms in total. The summed E-state index contributed by atoms with van der Waals surface area (Å²) >= 11 is 2.78. The lowest BCUT2D eigenvalue weighted by Crippen LogP contribution is -2.70. The number of hydrogen-bond acceptors (Lipinski definition) is 7. The fourth-order valence-corrected chi connectivity index (χ4v) is 4.70. The molecule has 2 aliphatic rings. The number of thioether (sulfide) groups is 1. The number of carboxylic acid groups (broad SMARTS) is 1. The number of β-lactam (4-membered cyclic amide) rings is 1. The average Bonchev–Trinajstić information content (AvgIpc) is 3.11. The number of carboxylic acids is 1. The SMILES string of the molecule is NC(N)=NN=CC1=C(C(=O)O)N2C(=O)C(NC(=O)Cc3cccs3)[C@@H]2SC1. The monoisotopic (exact) mass is 408 g/mol. The van der Waals surface area contributed by atoms with Crippen molar-refractivity contribution in [3.8, 4) is 0 Å². The number of nitrogens with two attached hydrogens (primary N) is 2. The van der Waals surface area contributed by atoms with E-state index in [1.807, 2.05) is 17.5 Å². The molecule has 2 amide bonds. The van der Waals surface area contributed by atoms with Gasteiger partial charge in [0.15, 0.2) is 0 Å². The highest BCUT2D eigenvalue weighted by atomic mass is 32.2. The maximum absolute atomic E-state index is 12.5. The fraction of sp³-hybridized carbons (Fsp3) is 0.267. The molecule has 0 aliphatic carbocycles. The van der Waals surface area contributed by atoms with E-state index in [1.165, 1.54) is 29.3 Å². The smallest absolute Gasteiger partial charge is 0.353 e. The third-order valence-electron chi connectivity index (χ3n) is 3.82. The third kappa shape index (κ3) is 3.95. The number of hydrogen-bond donors (Lipinski definition) is 4. The van der Waals surface area contributed by atoms with Gasteiger partial charge < -0.3 is 21.9 Å². The van der Waals surface area contributed by atoms with Crippen LogP contribution in [0.2, 0.25) is 0 Å². The Bertz CT molecular complexity index is 860. The van der Waals surface area contributed by atoms with Gasteiger partial charge in [0, 0.05) is 16.2 Å². The van der Waals surface area contributed by atoms with Crippen molar-refractivity contribution in [1.82, 2.24) is 10.2 Å². The number of thiophene rings is 1. The molecule has 3 rings (SSSR count). The van der Waals surface area contributed by atoms with Gasteiger partial charge in [-0.3, -0.25) is 14.5 Å². The molecule has 2 atom stereocenters. The lowest BCUT2D eigenvalue weighted by molar-refractivity contribution is -0.150. The topological polar surface area (TPSA) is 163 Å². The molecule has 2 aliphatic heterocycles. The van der Waals surface area contributed by atoms with Gasteiger partial charge in [-0.2, -0.15) is 5.10 Å². The summed E-state index contributed by atoms with van der Waals surface area (Å²) in [6.07, 6.45) is 1.39. The molecular weight excluding hydrogens is 392 g/mol. The van der Waals surface area contributed by atoms with Crippen LogP contribution in [0.15, 0.2) is 39.0 Å². The standard InChI is InChI=1S/C15H16N6O4S2/c16-15(17)20-18-5-7-6-27-13-10(12(23)21(13)11(7)14(24)25)19-9(22)4-8-2-1-3-26-8/h1-3,5,10,13H,4,6H2,(H,19,22)(H,24,25)(H4,16,17,20)/t10?,13-/m0/s1. The van der Waals surface area contributed by atoms with E-state index in [1.54, 1.807) is 0 Å². The number of aliphatic carboxylic acids is 1. The molecule has 0 spiro atoms. The van der Waals surface area contributed by atoms with E-state index in [2.05, 4.69) is 15.5 Å². The second-order valence-corrected chi connectivity index (χ2v) is 7.80. The summed E-state index contributed by atoms with van der Waals surface area (Å²) in [5, 5.41) is 20.6. The largest absolute Gasteiger partial charge is 0.477 e. The lowest BCUT2D eigenvalue weighted by Gasteiger charge is -2.49. The van der Waals surface area contributed by atoms with Crippen LogP contribution in [0, 0.1) is 0 Å². The maximum Gasteiger partial charge on any atom is 0.353 e. The van der Waals surface area contributed by atoms with Crippen molar-refractivity contribution in [2.75, 3.05) is 5.75 Å². The minimum atomic E-state index is -1.26. The van der Waals surface area contributed by atoms with Crippen LogP contribution in [0.3, 0.4) is 0 Å². The second kappa shape index (κ2) is 7.80. The van der Waals surface area contributed by atoms with Crippen molar-refractivity contribution in [2.24, 2.45) is 21.7 Å². The molecule has 1 aromatic rings. The van der Waals surface area contributed by atoms with Crippen molar-refractivity contribution < 1.29 is 19.5 Å². The number of amides is 2. The van der Waals surface area contributed by atoms with Gasteiger partial charge >= 0.3 is 5.97 Å². The maximum atomic E-state index is 12.5. The molecule has 142 valence electrons. The molecule has 1 fully saturated rings. The third-order valence-corrected chi connectivity index (χ3v) is 6.00. The minimum absolute atomic E-state index is 0.177. The molecule has 0 saturated carbocycles. The average molecular weight is 408 g/mol. The molecule has 3 heterocycles. The molecule has 0 bridgehead atoms. The molecule has 0 radical (unpaired) electrons. The summed E-state index contributed by atoms with van der Waals surface area (Å²) in [6.45, 7) is 0. The summed E-state index contributed by atoms with van der Waals surface area (Å²) in [5.41, 5.74) is 10.5. The van der Waals surface area contributed by atoms with Gasteiger partial charge in [0.2, 0.25) is 11.9 Å². The van der Waals surface area contributed by atoms with Crippen molar-refractivity contribution in [1.29, 1.82) is 0 Å². The second-order valence-electron chi connectivity index (χ2n) is 5.66. The lowest BCUT2D eigenvalue weighted by atomic mass is 10.0. The van der Waals surface area contributed by atoms with Crippen LogP contribution >= 0.6 is 23.1 Å². The number of guanidine groups is 1. The molecular formula is C15H16N6O4S2. The van der Waals surface area contributed by atoms with Gasteiger partial charge in [0.05, 0.1) is 12.6 Å². The van der Waals surface area contributed by atoms with Gasteiger partial charge in [0.25, 0.3) is 5.91 Å². The number of nitrogens with one attached hydrogen (secondary N) is 1. The molecule has 1 unspecified atom stereocenters. The first-order valence-corrected chi connectivity index (χ1v) is 9.66. The Labute approximate surface area is 162 Å². The van der Waals surface area contributed by atoms with Gasteiger partial charge in [-0.15, -0.1) is 28.2 Å². The van der Waals surface area contributed by atoms with Gasteiger partial charge in [0.1, 0.15) is 17.1 Å². The highest BCUT2D eigenvalue weighted by Crippen LogP contribution is 2.39. The van der Waals surface area contributed by atoms with Crippen LogP contribution in [-0.2, 0) is 20.8 Å². The summed E-state index contributed by atoms with van der Waals surface area (Å²) in [7, 11) is 0. The summed E-state index contributed by atoms with van der Waals surface area (Å²) in [5.74, 6) is -1.99. The molecule has 1 aromatic heterocycles. The zero-order valence-electron chi connectivity index (χ0n) is 13.9. The Balaban J connectivity index is 1.73. The van der Waals surface area contributed by atoms with E-state index in [4.69, 9.17) is 11.5 Å². The first-order valence-electron chi connectivity index (χ1n) is 7.73. The van der Waals surface area contributed by atoms with Crippen molar-refractivity contribution >= 4 is 53.1 Å². The molecule has 6 N–H and O–H groups in total. The number of carbonyl (C=O) groups is 3. The predicted molar refractivity (Wildman–Crippen MR) is 102 cm³/mol. The Morgan fingerprint density at radius 3 is 2.85 bits per heavy atom. The Morgan fingerprint density at radius 1 is 1.44 bits per heavy atom. The molecule has 27 heavy (non-hydrogen) atoms. The number of fused-ring (bicyclic) bond motifs is 1. The molecule has 0 aromatic carbocycles. The van der Waals surface area contributed by atoms with E-state index in [0.29, 0.717) is 5.57 Å². The quantitative estimate of drug-likeness (QED) is 0.209.